The van der Waals surface area contributed by atoms with Gasteiger partial charge >= 0.3 is 0 Å². The molecule has 0 spiro atoms. The molecule has 1 amide bonds. The number of aromatic nitrogens is 1. The van der Waals surface area contributed by atoms with E-state index in [1.165, 1.54) is 5.56 Å². The van der Waals surface area contributed by atoms with Gasteiger partial charge in [0.05, 0.1) is 24.1 Å². The molecule has 5 heteroatoms. The van der Waals surface area contributed by atoms with Gasteiger partial charge in [-0.25, -0.2) is 0 Å². The van der Waals surface area contributed by atoms with Crippen molar-refractivity contribution in [1.82, 2.24) is 10.3 Å². The average molecular weight is 313 g/mol. The summed E-state index contributed by atoms with van der Waals surface area (Å²) in [5.41, 5.74) is 2.73. The number of carbonyl (C=O) groups excluding carboxylic acids is 1. The first kappa shape index (κ1) is 17.0. The van der Waals surface area contributed by atoms with Crippen LogP contribution < -0.4 is 10.2 Å². The van der Waals surface area contributed by atoms with Crippen molar-refractivity contribution in [3.05, 3.63) is 59.9 Å². The summed E-state index contributed by atoms with van der Waals surface area (Å²) < 4.78 is 4.94. The minimum absolute atomic E-state index is 0.132. The first-order valence-corrected chi connectivity index (χ1v) is 7.75. The van der Waals surface area contributed by atoms with Crippen LogP contribution in [0.15, 0.2) is 48.8 Å². The van der Waals surface area contributed by atoms with Crippen molar-refractivity contribution in [2.24, 2.45) is 0 Å². The van der Waals surface area contributed by atoms with Gasteiger partial charge in [0.25, 0.3) is 5.91 Å². The summed E-state index contributed by atoms with van der Waals surface area (Å²) in [6.07, 6.45) is 3.38. The normalized spacial score (nSPS) is 10.3. The number of benzene rings is 1. The molecule has 2 aromatic rings. The third kappa shape index (κ3) is 5.07. The van der Waals surface area contributed by atoms with Gasteiger partial charge in [-0.2, -0.15) is 0 Å². The van der Waals surface area contributed by atoms with Crippen LogP contribution in [0.4, 0.5) is 5.69 Å². The lowest BCUT2D eigenvalue weighted by atomic mass is 10.2. The molecule has 5 nitrogen and oxygen atoms in total. The van der Waals surface area contributed by atoms with Gasteiger partial charge in [-0.3, -0.25) is 9.78 Å². The van der Waals surface area contributed by atoms with Gasteiger partial charge in [-0.15, -0.1) is 0 Å². The predicted molar refractivity (Wildman–Crippen MR) is 91.6 cm³/mol. The van der Waals surface area contributed by atoms with Gasteiger partial charge in [0.2, 0.25) is 0 Å². The van der Waals surface area contributed by atoms with Crippen molar-refractivity contribution in [2.45, 2.75) is 13.5 Å². The Labute approximate surface area is 137 Å². The molecule has 0 bridgehead atoms. The number of rotatable bonds is 8. The van der Waals surface area contributed by atoms with E-state index >= 15 is 0 Å². The zero-order valence-corrected chi connectivity index (χ0v) is 13.7. The first-order chi connectivity index (χ1) is 11.2. The molecule has 0 saturated carbocycles. The highest BCUT2D eigenvalue weighted by Crippen LogP contribution is 2.17. The fraction of sp³-hybridized carbons (Fsp3) is 0.333. The maximum atomic E-state index is 12.1. The summed E-state index contributed by atoms with van der Waals surface area (Å²) in [6.45, 7) is 4.70. The molecule has 0 aliphatic heterocycles. The number of methoxy groups -OCH3 is 1. The van der Waals surface area contributed by atoms with Crippen LogP contribution in [-0.4, -0.2) is 37.7 Å². The molecule has 0 saturated heterocycles. The van der Waals surface area contributed by atoms with E-state index in [2.05, 4.69) is 34.3 Å². The van der Waals surface area contributed by atoms with E-state index in [1.807, 2.05) is 24.3 Å². The van der Waals surface area contributed by atoms with E-state index in [0.717, 1.165) is 18.8 Å². The Hall–Kier alpha value is -2.40. The molecular weight excluding hydrogens is 290 g/mol. The van der Waals surface area contributed by atoms with Crippen molar-refractivity contribution in [1.29, 1.82) is 0 Å². The van der Waals surface area contributed by atoms with Gasteiger partial charge in [-0.05, 0) is 18.6 Å². The number of amides is 1. The number of hydrogen-bond donors (Lipinski definition) is 1. The molecule has 1 aromatic carbocycles. The minimum atomic E-state index is -0.132. The second-order valence-corrected chi connectivity index (χ2v) is 5.18. The molecule has 0 fully saturated rings. The highest BCUT2D eigenvalue weighted by Gasteiger charge is 2.10. The van der Waals surface area contributed by atoms with E-state index < -0.39 is 0 Å². The first-order valence-electron chi connectivity index (χ1n) is 7.75. The summed E-state index contributed by atoms with van der Waals surface area (Å²) in [5, 5.41) is 2.81. The molecule has 1 aromatic heterocycles. The molecule has 1 N–H and O–H groups in total. The predicted octanol–water partition coefficient (Wildman–Crippen LogP) is 2.48. The maximum Gasteiger partial charge on any atom is 0.253 e. The second kappa shape index (κ2) is 8.90. The summed E-state index contributed by atoms with van der Waals surface area (Å²) in [7, 11) is 1.61. The van der Waals surface area contributed by atoms with E-state index in [4.69, 9.17) is 4.74 Å². The Bertz CT molecular complexity index is 617. The Morgan fingerprint density at radius 1 is 1.26 bits per heavy atom. The second-order valence-electron chi connectivity index (χ2n) is 5.18. The molecule has 0 atom stereocenters. The van der Waals surface area contributed by atoms with E-state index in [1.54, 1.807) is 19.5 Å². The van der Waals surface area contributed by atoms with Crippen LogP contribution >= 0.6 is 0 Å². The van der Waals surface area contributed by atoms with Crippen LogP contribution in [-0.2, 0) is 11.3 Å². The molecule has 0 unspecified atom stereocenters. The molecule has 0 aliphatic carbocycles. The van der Waals surface area contributed by atoms with Crippen molar-refractivity contribution >= 4 is 11.6 Å². The van der Waals surface area contributed by atoms with Gasteiger partial charge < -0.3 is 15.0 Å². The molecule has 23 heavy (non-hydrogen) atoms. The highest BCUT2D eigenvalue weighted by molar-refractivity contribution is 5.94. The standard InChI is InChI=1S/C18H23N3O2/c1-3-21(14-15-7-5-4-6-8-15)17-11-16(12-19-13-17)18(22)20-9-10-23-2/h4-8,11-13H,3,9-10,14H2,1-2H3,(H,20,22). The molecule has 2 rings (SSSR count). The number of carbonyl (C=O) groups is 1. The summed E-state index contributed by atoms with van der Waals surface area (Å²) in [6, 6.07) is 12.1. The molecule has 122 valence electrons. The van der Waals surface area contributed by atoms with Crippen molar-refractivity contribution in [3.8, 4) is 0 Å². The Morgan fingerprint density at radius 3 is 2.74 bits per heavy atom. The SMILES string of the molecule is CCN(Cc1ccccc1)c1cncc(C(=O)NCCOC)c1. The Kier molecular flexibility index (Phi) is 6.56. The lowest BCUT2D eigenvalue weighted by Crippen LogP contribution is -2.28. The van der Waals surface area contributed by atoms with Gasteiger partial charge in [0, 0.05) is 32.9 Å². The third-order valence-electron chi connectivity index (χ3n) is 3.54. The van der Waals surface area contributed by atoms with Gasteiger partial charge in [-0.1, -0.05) is 30.3 Å². The Morgan fingerprint density at radius 2 is 2.04 bits per heavy atom. The van der Waals surface area contributed by atoms with E-state index in [-0.39, 0.29) is 5.91 Å². The molecule has 0 aliphatic rings. The Balaban J connectivity index is 2.08. The number of ether oxygens (including phenoxy) is 1. The molecule has 1 heterocycles. The average Bonchev–Trinajstić information content (AvgIpc) is 2.61. The number of pyridine rings is 1. The topological polar surface area (TPSA) is 54.5 Å². The summed E-state index contributed by atoms with van der Waals surface area (Å²) in [5.74, 6) is -0.132. The van der Waals surface area contributed by atoms with Crippen LogP contribution in [0.1, 0.15) is 22.8 Å². The van der Waals surface area contributed by atoms with E-state index in [0.29, 0.717) is 18.7 Å². The highest BCUT2D eigenvalue weighted by atomic mass is 16.5. The van der Waals surface area contributed by atoms with Crippen molar-refractivity contribution in [3.63, 3.8) is 0 Å². The molecule has 0 radical (unpaired) electrons. The zero-order valence-electron chi connectivity index (χ0n) is 13.7. The summed E-state index contributed by atoms with van der Waals surface area (Å²) >= 11 is 0. The van der Waals surface area contributed by atoms with E-state index in [9.17, 15) is 4.79 Å². The third-order valence-corrected chi connectivity index (χ3v) is 3.54. The quantitative estimate of drug-likeness (QED) is 0.761. The minimum Gasteiger partial charge on any atom is -0.383 e. The van der Waals surface area contributed by atoms with Crippen molar-refractivity contribution in [2.75, 3.05) is 31.7 Å². The largest absolute Gasteiger partial charge is 0.383 e. The fourth-order valence-corrected chi connectivity index (χ4v) is 2.28. The smallest absolute Gasteiger partial charge is 0.253 e. The fourth-order valence-electron chi connectivity index (χ4n) is 2.28. The van der Waals surface area contributed by atoms with Crippen LogP contribution in [0.25, 0.3) is 0 Å². The number of hydrogen-bond acceptors (Lipinski definition) is 4. The van der Waals surface area contributed by atoms with Crippen LogP contribution in [0.3, 0.4) is 0 Å². The van der Waals surface area contributed by atoms with Crippen molar-refractivity contribution < 1.29 is 9.53 Å². The number of anilines is 1. The van der Waals surface area contributed by atoms with Gasteiger partial charge in [0.15, 0.2) is 0 Å². The monoisotopic (exact) mass is 313 g/mol. The van der Waals surface area contributed by atoms with Crippen LogP contribution in [0.5, 0.6) is 0 Å². The van der Waals surface area contributed by atoms with Gasteiger partial charge in [0.1, 0.15) is 0 Å². The summed E-state index contributed by atoms with van der Waals surface area (Å²) in [4.78, 5) is 18.5. The lowest BCUT2D eigenvalue weighted by molar-refractivity contribution is 0.0937. The van der Waals surface area contributed by atoms with Crippen LogP contribution in [0, 0.1) is 0 Å². The lowest BCUT2D eigenvalue weighted by Gasteiger charge is -2.23. The maximum absolute atomic E-state index is 12.1. The molecular formula is C18H23N3O2. The number of nitrogens with zero attached hydrogens (tertiary/aromatic N) is 2. The zero-order chi connectivity index (χ0) is 16.5. The number of nitrogens with one attached hydrogen (secondary N) is 1. The van der Waals surface area contributed by atoms with Crippen LogP contribution in [0.2, 0.25) is 0 Å².